The van der Waals surface area contributed by atoms with Crippen molar-refractivity contribution in [2.24, 2.45) is 0 Å². The Morgan fingerprint density at radius 2 is 1.91 bits per heavy atom. The predicted octanol–water partition coefficient (Wildman–Crippen LogP) is 5.80. The number of nitrogens with zero attached hydrogens (tertiary/aromatic N) is 3. The molecule has 1 aliphatic carbocycles. The molecule has 1 aliphatic heterocycles. The van der Waals surface area contributed by atoms with Crippen molar-refractivity contribution in [3.8, 4) is 0 Å². The first kappa shape index (κ1) is 22.6. The zero-order chi connectivity index (χ0) is 22.7. The number of aryl methyl sites for hydroxylation is 3. The monoisotopic (exact) mass is 445 g/mol. The minimum Gasteiger partial charge on any atom is -0.323 e. The summed E-state index contributed by atoms with van der Waals surface area (Å²) in [7, 11) is 0. The molecule has 7 heteroatoms. The van der Waals surface area contributed by atoms with Gasteiger partial charge in [0.05, 0.1) is 11.6 Å². The first-order valence-corrected chi connectivity index (χ1v) is 11.6. The van der Waals surface area contributed by atoms with Crippen molar-refractivity contribution >= 4 is 6.03 Å². The number of carbonyl (C=O) groups is 1. The number of aromatic nitrogens is 1. The van der Waals surface area contributed by atoms with Crippen LogP contribution in [0.2, 0.25) is 0 Å². The van der Waals surface area contributed by atoms with Gasteiger partial charge in [0, 0.05) is 31.0 Å². The maximum atomic E-state index is 13.1. The van der Waals surface area contributed by atoms with Gasteiger partial charge in [0.25, 0.3) is 0 Å². The van der Waals surface area contributed by atoms with Crippen LogP contribution < -0.4 is 0 Å². The lowest BCUT2D eigenvalue weighted by molar-refractivity contribution is -0.137. The van der Waals surface area contributed by atoms with Gasteiger partial charge in [-0.05, 0) is 74.3 Å². The standard InChI is InChI=1S/C25H30F3N3O/c1-2-23(19-8-5-9-20(17-19)25(26,27)28)31-16-15-30(24(31)32)14-6-10-21-13-12-18-7-3-4-11-22(18)29-21/h5,8-9,12-13,17,23H,2-4,6-7,10-11,14-16H2,1H3. The van der Waals surface area contributed by atoms with E-state index in [-0.39, 0.29) is 12.1 Å². The number of urea groups is 1. The molecule has 172 valence electrons. The number of hydrogen-bond acceptors (Lipinski definition) is 2. The molecule has 0 spiro atoms. The summed E-state index contributed by atoms with van der Waals surface area (Å²) in [5, 5.41) is 0. The lowest BCUT2D eigenvalue weighted by Gasteiger charge is -2.28. The summed E-state index contributed by atoms with van der Waals surface area (Å²) in [5.74, 6) is 0. The Bertz CT molecular complexity index is 960. The zero-order valence-corrected chi connectivity index (χ0v) is 18.5. The van der Waals surface area contributed by atoms with E-state index in [2.05, 4.69) is 12.1 Å². The van der Waals surface area contributed by atoms with Gasteiger partial charge in [0.15, 0.2) is 0 Å². The summed E-state index contributed by atoms with van der Waals surface area (Å²) in [4.78, 5) is 21.4. The van der Waals surface area contributed by atoms with Gasteiger partial charge in [-0.15, -0.1) is 0 Å². The number of halogens is 3. The molecule has 1 aromatic carbocycles. The van der Waals surface area contributed by atoms with E-state index in [1.54, 1.807) is 11.0 Å². The van der Waals surface area contributed by atoms with E-state index in [0.717, 1.165) is 37.4 Å². The lowest BCUT2D eigenvalue weighted by Crippen LogP contribution is -2.35. The van der Waals surface area contributed by atoms with Crippen LogP contribution in [-0.2, 0) is 25.4 Å². The average Bonchev–Trinajstić information content (AvgIpc) is 3.14. The van der Waals surface area contributed by atoms with Gasteiger partial charge in [-0.3, -0.25) is 4.98 Å². The quantitative estimate of drug-likeness (QED) is 0.540. The molecule has 4 nitrogen and oxygen atoms in total. The van der Waals surface area contributed by atoms with Crippen molar-refractivity contribution in [3.63, 3.8) is 0 Å². The lowest BCUT2D eigenvalue weighted by atomic mass is 9.95. The van der Waals surface area contributed by atoms with Crippen LogP contribution in [0.3, 0.4) is 0 Å². The Kier molecular flexibility index (Phi) is 6.72. The van der Waals surface area contributed by atoms with Crippen molar-refractivity contribution in [1.82, 2.24) is 14.8 Å². The van der Waals surface area contributed by atoms with E-state index in [9.17, 15) is 18.0 Å². The second-order valence-corrected chi connectivity index (χ2v) is 8.73. The predicted molar refractivity (Wildman–Crippen MR) is 117 cm³/mol. The second kappa shape index (κ2) is 9.51. The Morgan fingerprint density at radius 1 is 1.09 bits per heavy atom. The molecule has 0 radical (unpaired) electrons. The highest BCUT2D eigenvalue weighted by molar-refractivity contribution is 5.77. The molecule has 0 N–H and O–H groups in total. The Hall–Kier alpha value is -2.57. The van der Waals surface area contributed by atoms with Crippen molar-refractivity contribution in [1.29, 1.82) is 0 Å². The van der Waals surface area contributed by atoms with Gasteiger partial charge in [0.1, 0.15) is 0 Å². The minimum absolute atomic E-state index is 0.0901. The average molecular weight is 446 g/mol. The summed E-state index contributed by atoms with van der Waals surface area (Å²) in [6.07, 6.45) is 2.43. The first-order valence-electron chi connectivity index (χ1n) is 11.6. The van der Waals surface area contributed by atoms with E-state index >= 15 is 0 Å². The van der Waals surface area contributed by atoms with E-state index in [1.807, 2.05) is 11.8 Å². The molecule has 2 amide bonds. The van der Waals surface area contributed by atoms with E-state index in [0.29, 0.717) is 31.6 Å². The molecule has 1 saturated heterocycles. The number of hydrogen-bond donors (Lipinski definition) is 0. The Balaban J connectivity index is 1.36. The highest BCUT2D eigenvalue weighted by atomic mass is 19.4. The molecule has 1 atom stereocenters. The summed E-state index contributed by atoms with van der Waals surface area (Å²) in [6.45, 7) is 3.67. The normalized spacial score (nSPS) is 17.6. The highest BCUT2D eigenvalue weighted by Crippen LogP contribution is 2.34. The number of fused-ring (bicyclic) bond motifs is 1. The molecule has 1 unspecified atom stereocenters. The molecule has 32 heavy (non-hydrogen) atoms. The van der Waals surface area contributed by atoms with Gasteiger partial charge < -0.3 is 9.80 Å². The molecule has 0 bridgehead atoms. The highest BCUT2D eigenvalue weighted by Gasteiger charge is 2.35. The fourth-order valence-electron chi connectivity index (χ4n) is 4.87. The largest absolute Gasteiger partial charge is 0.416 e. The van der Waals surface area contributed by atoms with Crippen LogP contribution in [0.25, 0.3) is 0 Å². The maximum absolute atomic E-state index is 13.1. The number of alkyl halides is 3. The van der Waals surface area contributed by atoms with Gasteiger partial charge >= 0.3 is 12.2 Å². The van der Waals surface area contributed by atoms with Crippen molar-refractivity contribution in [2.45, 2.75) is 64.1 Å². The molecule has 1 aromatic heterocycles. The minimum atomic E-state index is -4.39. The van der Waals surface area contributed by atoms with Crippen LogP contribution in [-0.4, -0.2) is 40.4 Å². The van der Waals surface area contributed by atoms with Crippen molar-refractivity contribution in [3.05, 3.63) is 64.5 Å². The molecule has 0 saturated carbocycles. The van der Waals surface area contributed by atoms with Gasteiger partial charge in [-0.25, -0.2) is 4.79 Å². The van der Waals surface area contributed by atoms with Crippen LogP contribution in [0.15, 0.2) is 36.4 Å². The summed E-state index contributed by atoms with van der Waals surface area (Å²) in [6, 6.07) is 9.20. The third kappa shape index (κ3) is 4.92. The number of carbonyl (C=O) groups excluding carboxylic acids is 1. The fraction of sp³-hybridized carbons (Fsp3) is 0.520. The molecule has 2 heterocycles. The first-order chi connectivity index (χ1) is 15.4. The smallest absolute Gasteiger partial charge is 0.323 e. The van der Waals surface area contributed by atoms with Crippen LogP contribution in [0.5, 0.6) is 0 Å². The van der Waals surface area contributed by atoms with Gasteiger partial charge in [-0.1, -0.05) is 25.1 Å². The SMILES string of the molecule is CCC(c1cccc(C(F)(F)F)c1)N1CCN(CCCc2ccc3c(n2)CCCC3)C1=O. The van der Waals surface area contributed by atoms with E-state index in [1.165, 1.54) is 36.2 Å². The molecule has 2 aliphatic rings. The fourth-order valence-corrected chi connectivity index (χ4v) is 4.87. The maximum Gasteiger partial charge on any atom is 0.416 e. The summed E-state index contributed by atoms with van der Waals surface area (Å²) < 4.78 is 39.4. The third-order valence-corrected chi connectivity index (χ3v) is 6.59. The number of benzene rings is 1. The van der Waals surface area contributed by atoms with E-state index in [4.69, 9.17) is 4.98 Å². The molecule has 2 aromatic rings. The molecule has 1 fully saturated rings. The van der Waals surface area contributed by atoms with Gasteiger partial charge in [-0.2, -0.15) is 13.2 Å². The third-order valence-electron chi connectivity index (χ3n) is 6.59. The van der Waals surface area contributed by atoms with Crippen molar-refractivity contribution in [2.75, 3.05) is 19.6 Å². The molecular formula is C25H30F3N3O. The van der Waals surface area contributed by atoms with Crippen LogP contribution in [0, 0.1) is 0 Å². The van der Waals surface area contributed by atoms with E-state index < -0.39 is 11.7 Å². The molecule has 4 rings (SSSR count). The summed E-state index contributed by atoms with van der Waals surface area (Å²) >= 11 is 0. The topological polar surface area (TPSA) is 36.4 Å². The van der Waals surface area contributed by atoms with Gasteiger partial charge in [0.2, 0.25) is 0 Å². The van der Waals surface area contributed by atoms with Crippen LogP contribution in [0.4, 0.5) is 18.0 Å². The Morgan fingerprint density at radius 3 is 2.69 bits per heavy atom. The van der Waals surface area contributed by atoms with Crippen molar-refractivity contribution < 1.29 is 18.0 Å². The summed E-state index contributed by atoms with van der Waals surface area (Å²) in [5.41, 5.74) is 3.53. The zero-order valence-electron chi connectivity index (χ0n) is 18.5. The van der Waals surface area contributed by atoms with Crippen LogP contribution in [0.1, 0.15) is 66.7 Å². The number of pyridine rings is 1. The Labute approximate surface area is 187 Å². The second-order valence-electron chi connectivity index (χ2n) is 8.73. The molecular weight excluding hydrogens is 415 g/mol. The number of amides is 2. The van der Waals surface area contributed by atoms with Crippen LogP contribution >= 0.6 is 0 Å². The number of rotatable bonds is 7.